The quantitative estimate of drug-likeness (QED) is 0.489. The van der Waals surface area contributed by atoms with Gasteiger partial charge in [-0.15, -0.1) is 0 Å². The van der Waals surface area contributed by atoms with Gasteiger partial charge in [-0.3, -0.25) is 0 Å². The van der Waals surface area contributed by atoms with Gasteiger partial charge in [0.15, 0.2) is 29.5 Å². The highest BCUT2D eigenvalue weighted by Gasteiger charge is 2.31. The molecule has 0 aromatic heterocycles. The predicted octanol–water partition coefficient (Wildman–Crippen LogP) is 3.74. The van der Waals surface area contributed by atoms with E-state index < -0.39 is 29.5 Å². The van der Waals surface area contributed by atoms with Crippen molar-refractivity contribution < 1.29 is 25.3 Å². The summed E-state index contributed by atoms with van der Waals surface area (Å²) in [4.78, 5) is 2.73. The number of para-hydroxylation sites is 1. The van der Waals surface area contributed by atoms with Crippen LogP contribution in [-0.2, 0) is 29.5 Å². The van der Waals surface area contributed by atoms with E-state index >= 15 is 0 Å². The first kappa shape index (κ1) is 26.7. The second-order valence-electron chi connectivity index (χ2n) is 9.12. The molecule has 3 rings (SSSR count). The summed E-state index contributed by atoms with van der Waals surface area (Å²) >= 11 is 0. The van der Waals surface area contributed by atoms with Crippen LogP contribution in [0.3, 0.4) is 0 Å². The normalized spacial score (nSPS) is 19.8. The fourth-order valence-electron chi connectivity index (χ4n) is 4.66. The minimum Gasteiger partial charge on any atom is -0.367 e. The highest BCUT2D eigenvalue weighted by Crippen LogP contribution is 2.35. The van der Waals surface area contributed by atoms with Gasteiger partial charge in [-0.25, -0.2) is 25.3 Å². The highest BCUT2D eigenvalue weighted by atomic mass is 32.2. The molecule has 0 radical (unpaired) electrons. The van der Waals surface area contributed by atoms with Crippen LogP contribution in [0.5, 0.6) is 0 Å². The molecule has 0 spiro atoms. The lowest BCUT2D eigenvalue weighted by Crippen LogP contribution is -2.43. The molecule has 0 aliphatic carbocycles. The molecule has 1 aliphatic heterocycles. The third kappa shape index (κ3) is 6.40. The van der Waals surface area contributed by atoms with Crippen molar-refractivity contribution in [3.8, 4) is 0 Å². The largest absolute Gasteiger partial charge is 0.367 e. The lowest BCUT2D eigenvalue weighted by Gasteiger charge is -2.42. The van der Waals surface area contributed by atoms with E-state index in [1.165, 1.54) is 30.5 Å². The van der Waals surface area contributed by atoms with Crippen LogP contribution in [0.25, 0.3) is 0 Å². The standard InChI is InChI=1S/C24H33NO6S3/c1-4-7-20-18-19(14-16-25(20)23-8-5-6-9-24(23)33(3,28)29)15-17-34(30,31)22-12-10-21(11-13-22)32(2,26)27/h5-6,8-13,19-20H,4,7,14-18H2,1-3H3. The average Bonchev–Trinajstić information content (AvgIpc) is 2.77. The Balaban J connectivity index is 1.72. The first-order valence-corrected chi connectivity index (χ1v) is 16.8. The van der Waals surface area contributed by atoms with Crippen LogP contribution in [-0.4, -0.2) is 56.1 Å². The number of nitrogens with zero attached hydrogens (tertiary/aromatic N) is 1. The summed E-state index contributed by atoms with van der Waals surface area (Å²) in [5, 5.41) is 0. The van der Waals surface area contributed by atoms with Crippen molar-refractivity contribution in [1.29, 1.82) is 0 Å². The molecule has 10 heteroatoms. The monoisotopic (exact) mass is 527 g/mol. The summed E-state index contributed by atoms with van der Waals surface area (Å²) in [7, 11) is -10.3. The van der Waals surface area contributed by atoms with Crippen LogP contribution < -0.4 is 4.90 Å². The van der Waals surface area contributed by atoms with Gasteiger partial charge in [0.25, 0.3) is 0 Å². The Hall–Kier alpha value is -1.91. The number of anilines is 1. The second kappa shape index (κ2) is 10.4. The molecule has 2 atom stereocenters. The zero-order chi connectivity index (χ0) is 25.1. The maximum atomic E-state index is 12.9. The van der Waals surface area contributed by atoms with Gasteiger partial charge < -0.3 is 4.90 Å². The van der Waals surface area contributed by atoms with Crippen molar-refractivity contribution >= 4 is 35.2 Å². The molecule has 188 valence electrons. The van der Waals surface area contributed by atoms with Crippen molar-refractivity contribution in [2.24, 2.45) is 5.92 Å². The molecule has 0 saturated carbocycles. The van der Waals surface area contributed by atoms with E-state index in [1.54, 1.807) is 12.1 Å². The predicted molar refractivity (Wildman–Crippen MR) is 135 cm³/mol. The summed E-state index contributed by atoms with van der Waals surface area (Å²) in [5.41, 5.74) is 0.723. The van der Waals surface area contributed by atoms with E-state index in [9.17, 15) is 25.3 Å². The lowest BCUT2D eigenvalue weighted by molar-refractivity contribution is 0.320. The van der Waals surface area contributed by atoms with Crippen molar-refractivity contribution in [3.63, 3.8) is 0 Å². The Morgan fingerprint density at radius 1 is 0.824 bits per heavy atom. The van der Waals surface area contributed by atoms with Gasteiger partial charge in [-0.2, -0.15) is 0 Å². The number of benzene rings is 2. The molecule has 0 bridgehead atoms. The molecular weight excluding hydrogens is 494 g/mol. The maximum Gasteiger partial charge on any atom is 0.178 e. The van der Waals surface area contributed by atoms with Gasteiger partial charge in [0.1, 0.15) is 0 Å². The lowest BCUT2D eigenvalue weighted by atomic mass is 9.86. The van der Waals surface area contributed by atoms with E-state index in [2.05, 4.69) is 11.8 Å². The molecule has 2 aromatic carbocycles. The molecule has 7 nitrogen and oxygen atoms in total. The van der Waals surface area contributed by atoms with Gasteiger partial charge in [0.05, 0.1) is 26.1 Å². The fraction of sp³-hybridized carbons (Fsp3) is 0.500. The molecule has 1 aliphatic rings. The topological polar surface area (TPSA) is 106 Å². The highest BCUT2D eigenvalue weighted by molar-refractivity contribution is 7.91. The van der Waals surface area contributed by atoms with Gasteiger partial charge in [0, 0.05) is 25.1 Å². The van der Waals surface area contributed by atoms with Crippen LogP contribution in [0.4, 0.5) is 5.69 Å². The maximum absolute atomic E-state index is 12.9. The van der Waals surface area contributed by atoms with E-state index in [4.69, 9.17) is 0 Å². The summed E-state index contributed by atoms with van der Waals surface area (Å²) in [6.07, 6.45) is 6.24. The fourth-order valence-corrected chi connectivity index (χ4v) is 7.61. The van der Waals surface area contributed by atoms with E-state index in [0.717, 1.165) is 37.6 Å². The Morgan fingerprint density at radius 3 is 2.03 bits per heavy atom. The zero-order valence-corrected chi connectivity index (χ0v) is 22.3. The third-order valence-electron chi connectivity index (χ3n) is 6.43. The number of sulfone groups is 3. The smallest absolute Gasteiger partial charge is 0.178 e. The Kier molecular flexibility index (Phi) is 8.14. The average molecular weight is 528 g/mol. The van der Waals surface area contributed by atoms with Crippen molar-refractivity contribution in [2.75, 3.05) is 29.7 Å². The Bertz CT molecular complexity index is 1320. The summed E-state index contributed by atoms with van der Waals surface area (Å²) in [6.45, 7) is 2.76. The first-order valence-electron chi connectivity index (χ1n) is 11.4. The molecule has 2 aromatic rings. The summed E-state index contributed by atoms with van der Waals surface area (Å²) in [6, 6.07) is 12.6. The van der Waals surface area contributed by atoms with Crippen molar-refractivity contribution in [2.45, 2.75) is 59.8 Å². The van der Waals surface area contributed by atoms with Crippen LogP contribution >= 0.6 is 0 Å². The molecule has 2 unspecified atom stereocenters. The summed E-state index contributed by atoms with van der Waals surface area (Å²) in [5.74, 6) is 0.206. The number of hydrogen-bond acceptors (Lipinski definition) is 7. The summed E-state index contributed by atoms with van der Waals surface area (Å²) < 4.78 is 73.6. The van der Waals surface area contributed by atoms with Gasteiger partial charge >= 0.3 is 0 Å². The SMILES string of the molecule is CCCC1CC(CCS(=O)(=O)c2ccc(S(C)(=O)=O)cc2)CCN1c1ccccc1S(C)(=O)=O. The molecule has 1 heterocycles. The first-order chi connectivity index (χ1) is 15.8. The molecule has 34 heavy (non-hydrogen) atoms. The second-order valence-corrected chi connectivity index (χ2v) is 15.2. The zero-order valence-electron chi connectivity index (χ0n) is 19.8. The van der Waals surface area contributed by atoms with Gasteiger partial charge in [-0.1, -0.05) is 25.5 Å². The minimum absolute atomic E-state index is 0.00530. The molecule has 0 N–H and O–H groups in total. The molecule has 1 fully saturated rings. The van der Waals surface area contributed by atoms with E-state index in [0.29, 0.717) is 17.9 Å². The van der Waals surface area contributed by atoms with Crippen LogP contribution in [0.2, 0.25) is 0 Å². The van der Waals surface area contributed by atoms with Crippen molar-refractivity contribution in [3.05, 3.63) is 48.5 Å². The number of piperidine rings is 1. The van der Waals surface area contributed by atoms with Crippen LogP contribution in [0, 0.1) is 5.92 Å². The van der Waals surface area contributed by atoms with Crippen LogP contribution in [0.1, 0.15) is 39.0 Å². The van der Waals surface area contributed by atoms with Crippen molar-refractivity contribution in [1.82, 2.24) is 0 Å². The third-order valence-corrected chi connectivity index (χ3v) is 10.5. The molecule has 1 saturated heterocycles. The van der Waals surface area contributed by atoms with E-state index in [1.807, 2.05) is 12.1 Å². The minimum atomic E-state index is -3.53. The Morgan fingerprint density at radius 2 is 1.44 bits per heavy atom. The van der Waals surface area contributed by atoms with Gasteiger partial charge in [-0.05, 0) is 68.0 Å². The Labute approximate surface area is 203 Å². The molecule has 0 amide bonds. The molecular formula is C24H33NO6S3. The number of hydrogen-bond donors (Lipinski definition) is 0. The van der Waals surface area contributed by atoms with Gasteiger partial charge in [0.2, 0.25) is 0 Å². The van der Waals surface area contributed by atoms with E-state index in [-0.39, 0.29) is 27.5 Å². The number of rotatable bonds is 9. The van der Waals surface area contributed by atoms with Crippen LogP contribution in [0.15, 0.2) is 63.2 Å².